The molecule has 0 aromatic carbocycles. The van der Waals surface area contributed by atoms with Gasteiger partial charge in [0, 0.05) is 30.3 Å². The summed E-state index contributed by atoms with van der Waals surface area (Å²) in [7, 11) is 0.320. The van der Waals surface area contributed by atoms with Gasteiger partial charge in [0.2, 0.25) is 0 Å². The molecule has 6 heteroatoms. The van der Waals surface area contributed by atoms with E-state index in [1.807, 2.05) is 0 Å². The highest BCUT2D eigenvalue weighted by Gasteiger charge is 2.04. The van der Waals surface area contributed by atoms with Crippen molar-refractivity contribution in [1.82, 2.24) is 0 Å². The molecule has 1 unspecified atom stereocenters. The van der Waals surface area contributed by atoms with Crippen molar-refractivity contribution < 1.29 is 23.6 Å². The first-order chi connectivity index (χ1) is 6.66. The molecule has 0 heterocycles. The molecule has 1 atom stereocenters. The van der Waals surface area contributed by atoms with E-state index in [4.69, 9.17) is 14.6 Å². The topological polar surface area (TPSA) is 72.8 Å². The molecule has 0 aromatic heterocycles. The predicted octanol–water partition coefficient (Wildman–Crippen LogP) is -0.127. The molecular formula is C8H16O5S. The van der Waals surface area contributed by atoms with Gasteiger partial charge in [0.15, 0.2) is 0 Å². The van der Waals surface area contributed by atoms with Gasteiger partial charge in [0.05, 0.1) is 13.2 Å². The van der Waals surface area contributed by atoms with Crippen LogP contribution >= 0.6 is 0 Å². The number of carboxylic acid groups (broad SMARTS) is 1. The fourth-order valence-electron chi connectivity index (χ4n) is 0.776. The van der Waals surface area contributed by atoms with E-state index >= 15 is 0 Å². The van der Waals surface area contributed by atoms with E-state index in [-0.39, 0.29) is 5.75 Å². The third-order valence-corrected chi connectivity index (χ3v) is 2.69. The fourth-order valence-corrected chi connectivity index (χ4v) is 1.64. The minimum atomic E-state index is -1.27. The third-order valence-electron chi connectivity index (χ3n) is 1.38. The maximum atomic E-state index is 11.0. The molecule has 14 heavy (non-hydrogen) atoms. The van der Waals surface area contributed by atoms with Crippen LogP contribution in [0.4, 0.5) is 0 Å². The maximum Gasteiger partial charge on any atom is 0.316 e. The van der Waals surface area contributed by atoms with Gasteiger partial charge in [0.25, 0.3) is 0 Å². The second-order valence-corrected chi connectivity index (χ2v) is 4.22. The number of hydrogen-bond acceptors (Lipinski definition) is 4. The van der Waals surface area contributed by atoms with Crippen molar-refractivity contribution in [3.63, 3.8) is 0 Å². The van der Waals surface area contributed by atoms with Crippen molar-refractivity contribution >= 4 is 16.8 Å². The molecule has 0 fully saturated rings. The standard InChI is InChI=1S/C8H16O5S/c1-12-4-5-13-3-2-6-14(11)7-8(9)10/h2-7H2,1H3,(H,9,10). The van der Waals surface area contributed by atoms with E-state index in [0.717, 1.165) is 0 Å². The zero-order chi connectivity index (χ0) is 10.8. The average Bonchev–Trinajstić information content (AvgIpc) is 2.10. The van der Waals surface area contributed by atoms with E-state index in [9.17, 15) is 9.00 Å². The molecule has 84 valence electrons. The highest BCUT2D eigenvalue weighted by molar-refractivity contribution is 7.85. The lowest BCUT2D eigenvalue weighted by molar-refractivity contribution is -0.133. The predicted molar refractivity (Wildman–Crippen MR) is 52.8 cm³/mol. The molecule has 0 bridgehead atoms. The molecule has 1 N–H and O–H groups in total. The minimum absolute atomic E-state index is 0.280. The molecule has 0 aliphatic carbocycles. The minimum Gasteiger partial charge on any atom is -0.481 e. The zero-order valence-corrected chi connectivity index (χ0v) is 9.05. The van der Waals surface area contributed by atoms with Crippen LogP contribution in [0.5, 0.6) is 0 Å². The van der Waals surface area contributed by atoms with Crippen molar-refractivity contribution in [2.24, 2.45) is 0 Å². The molecule has 0 radical (unpaired) electrons. The van der Waals surface area contributed by atoms with Crippen molar-refractivity contribution in [3.8, 4) is 0 Å². The smallest absolute Gasteiger partial charge is 0.316 e. The van der Waals surface area contributed by atoms with Crippen LogP contribution in [0.15, 0.2) is 0 Å². The molecule has 0 aromatic rings. The van der Waals surface area contributed by atoms with E-state index < -0.39 is 16.8 Å². The van der Waals surface area contributed by atoms with E-state index in [1.165, 1.54) is 0 Å². The molecule has 5 nitrogen and oxygen atoms in total. The summed E-state index contributed by atoms with van der Waals surface area (Å²) in [6, 6.07) is 0. The third kappa shape index (κ3) is 9.63. The van der Waals surface area contributed by atoms with E-state index in [0.29, 0.717) is 32.0 Å². The summed E-state index contributed by atoms with van der Waals surface area (Å²) in [4.78, 5) is 10.1. The summed E-state index contributed by atoms with van der Waals surface area (Å²) in [6.45, 7) is 1.55. The first kappa shape index (κ1) is 13.5. The first-order valence-corrected chi connectivity index (χ1v) is 5.79. The number of ether oxygens (including phenoxy) is 2. The van der Waals surface area contributed by atoms with Crippen LogP contribution in [0.1, 0.15) is 6.42 Å². The summed E-state index contributed by atoms with van der Waals surface area (Å²) in [5, 5.41) is 8.32. The van der Waals surface area contributed by atoms with Gasteiger partial charge in [0.1, 0.15) is 5.75 Å². The van der Waals surface area contributed by atoms with Gasteiger partial charge < -0.3 is 14.6 Å². The highest BCUT2D eigenvalue weighted by Crippen LogP contribution is 1.89. The quantitative estimate of drug-likeness (QED) is 0.552. The Morgan fingerprint density at radius 3 is 2.64 bits per heavy atom. The molecule has 0 saturated heterocycles. The van der Waals surface area contributed by atoms with E-state index in [2.05, 4.69) is 0 Å². The largest absolute Gasteiger partial charge is 0.481 e. The number of aliphatic carboxylic acids is 1. The Morgan fingerprint density at radius 2 is 2.07 bits per heavy atom. The maximum absolute atomic E-state index is 11.0. The lowest BCUT2D eigenvalue weighted by atomic mass is 10.5. The van der Waals surface area contributed by atoms with Gasteiger partial charge in [-0.2, -0.15) is 0 Å². The number of rotatable bonds is 9. The Labute approximate surface area is 85.9 Å². The van der Waals surface area contributed by atoms with Crippen molar-refractivity contribution in [2.75, 3.05) is 38.4 Å². The van der Waals surface area contributed by atoms with E-state index in [1.54, 1.807) is 7.11 Å². The van der Waals surface area contributed by atoms with Crippen LogP contribution in [-0.4, -0.2) is 53.7 Å². The number of hydrogen-bond donors (Lipinski definition) is 1. The Kier molecular flexibility index (Phi) is 8.81. The van der Waals surface area contributed by atoms with Gasteiger partial charge in [-0.15, -0.1) is 0 Å². The monoisotopic (exact) mass is 224 g/mol. The molecule has 0 rings (SSSR count). The normalized spacial score (nSPS) is 12.6. The lowest BCUT2D eigenvalue weighted by Crippen LogP contribution is -2.13. The van der Waals surface area contributed by atoms with Crippen LogP contribution in [-0.2, 0) is 25.1 Å². The Morgan fingerprint density at radius 1 is 1.36 bits per heavy atom. The second kappa shape index (κ2) is 9.11. The van der Waals surface area contributed by atoms with Crippen LogP contribution in [0, 0.1) is 0 Å². The Balaban J connectivity index is 3.19. The fraction of sp³-hybridized carbons (Fsp3) is 0.875. The Bertz CT molecular complexity index is 183. The molecule has 0 amide bonds. The van der Waals surface area contributed by atoms with Crippen molar-refractivity contribution in [3.05, 3.63) is 0 Å². The van der Waals surface area contributed by atoms with Gasteiger partial charge in [-0.25, -0.2) is 0 Å². The summed E-state index contributed by atoms with van der Waals surface area (Å²) in [5.41, 5.74) is 0. The van der Waals surface area contributed by atoms with Crippen LogP contribution in [0.2, 0.25) is 0 Å². The lowest BCUT2D eigenvalue weighted by Gasteiger charge is -2.02. The van der Waals surface area contributed by atoms with Crippen LogP contribution in [0.3, 0.4) is 0 Å². The Hall–Kier alpha value is -0.460. The SMILES string of the molecule is COCCOCCCS(=O)CC(=O)O. The molecule has 0 aliphatic heterocycles. The van der Waals surface area contributed by atoms with Crippen molar-refractivity contribution in [1.29, 1.82) is 0 Å². The molecule has 0 spiro atoms. The zero-order valence-electron chi connectivity index (χ0n) is 8.23. The van der Waals surface area contributed by atoms with Crippen molar-refractivity contribution in [2.45, 2.75) is 6.42 Å². The molecular weight excluding hydrogens is 208 g/mol. The highest BCUT2D eigenvalue weighted by atomic mass is 32.2. The summed E-state index contributed by atoms with van der Waals surface area (Å²) in [5.74, 6) is -0.930. The second-order valence-electron chi connectivity index (χ2n) is 2.64. The summed E-state index contributed by atoms with van der Waals surface area (Å²) in [6.07, 6.45) is 0.615. The van der Waals surface area contributed by atoms with Gasteiger partial charge in [-0.3, -0.25) is 9.00 Å². The molecule has 0 saturated carbocycles. The summed E-state index contributed by atoms with van der Waals surface area (Å²) < 4.78 is 20.9. The average molecular weight is 224 g/mol. The first-order valence-electron chi connectivity index (χ1n) is 4.30. The summed E-state index contributed by atoms with van der Waals surface area (Å²) >= 11 is 0. The van der Waals surface area contributed by atoms with Crippen LogP contribution < -0.4 is 0 Å². The number of carboxylic acids is 1. The van der Waals surface area contributed by atoms with Gasteiger partial charge >= 0.3 is 5.97 Å². The van der Waals surface area contributed by atoms with Gasteiger partial charge in [-0.05, 0) is 6.42 Å². The number of carbonyl (C=O) groups is 1. The number of methoxy groups -OCH3 is 1. The molecule has 0 aliphatic rings. The van der Waals surface area contributed by atoms with Crippen LogP contribution in [0.25, 0.3) is 0 Å². The van der Waals surface area contributed by atoms with Gasteiger partial charge in [-0.1, -0.05) is 0 Å².